The first kappa shape index (κ1) is 18.8. The second kappa shape index (κ2) is 7.88. The SMILES string of the molecule is C[C@H](O)CO/N=C(\C(=O)O)c1csc(NC(=O)OC(C)(C)C)n1. The van der Waals surface area contributed by atoms with Crippen LogP contribution in [0.3, 0.4) is 0 Å². The molecular formula is C13H19N3O6S. The summed E-state index contributed by atoms with van der Waals surface area (Å²) in [6.45, 7) is 6.48. The lowest BCUT2D eigenvalue weighted by Gasteiger charge is -2.18. The van der Waals surface area contributed by atoms with Gasteiger partial charge >= 0.3 is 12.1 Å². The maximum atomic E-state index is 11.6. The summed E-state index contributed by atoms with van der Waals surface area (Å²) < 4.78 is 5.07. The van der Waals surface area contributed by atoms with Crippen LogP contribution in [-0.2, 0) is 14.4 Å². The van der Waals surface area contributed by atoms with Crippen LogP contribution in [0.15, 0.2) is 10.5 Å². The monoisotopic (exact) mass is 345 g/mol. The largest absolute Gasteiger partial charge is 0.476 e. The Morgan fingerprint density at radius 2 is 2.13 bits per heavy atom. The number of ether oxygens (including phenoxy) is 1. The first-order valence-electron chi connectivity index (χ1n) is 6.65. The Bertz CT molecular complexity index is 591. The number of rotatable bonds is 6. The molecule has 1 amide bonds. The number of carboxylic acids is 1. The first-order chi connectivity index (χ1) is 10.6. The zero-order valence-electron chi connectivity index (χ0n) is 13.2. The summed E-state index contributed by atoms with van der Waals surface area (Å²) >= 11 is 1.02. The number of aromatic nitrogens is 1. The molecule has 0 aromatic carbocycles. The van der Waals surface area contributed by atoms with Gasteiger partial charge in [0.1, 0.15) is 17.9 Å². The van der Waals surface area contributed by atoms with Crippen LogP contribution in [0.1, 0.15) is 33.4 Å². The van der Waals surface area contributed by atoms with Crippen molar-refractivity contribution >= 4 is 34.2 Å². The first-order valence-corrected chi connectivity index (χ1v) is 7.53. The van der Waals surface area contributed by atoms with Gasteiger partial charge in [-0.25, -0.2) is 14.6 Å². The van der Waals surface area contributed by atoms with E-state index in [4.69, 9.17) is 19.8 Å². The standard InChI is InChI=1S/C13H19N3O6S/c1-7(17)5-21-16-9(10(18)19)8-6-23-11(14-8)15-12(20)22-13(2,3)4/h6-7,17H,5H2,1-4H3,(H,18,19)(H,14,15,20)/b16-9-/t7-/m0/s1. The van der Waals surface area contributed by atoms with Gasteiger partial charge in [0.25, 0.3) is 0 Å². The van der Waals surface area contributed by atoms with Crippen LogP contribution in [0.4, 0.5) is 9.93 Å². The molecule has 0 aliphatic heterocycles. The quantitative estimate of drug-likeness (QED) is 0.528. The number of anilines is 1. The van der Waals surface area contributed by atoms with Gasteiger partial charge in [0, 0.05) is 5.38 Å². The zero-order valence-corrected chi connectivity index (χ0v) is 14.0. The van der Waals surface area contributed by atoms with Crippen LogP contribution in [-0.4, -0.2) is 51.3 Å². The van der Waals surface area contributed by atoms with Crippen LogP contribution < -0.4 is 5.32 Å². The second-order valence-corrected chi connectivity index (χ2v) is 6.41. The van der Waals surface area contributed by atoms with Crippen molar-refractivity contribution in [3.8, 4) is 0 Å². The second-order valence-electron chi connectivity index (χ2n) is 5.55. The number of nitrogens with zero attached hydrogens (tertiary/aromatic N) is 2. The molecule has 10 heteroatoms. The third-order valence-electron chi connectivity index (χ3n) is 2.03. The maximum absolute atomic E-state index is 11.6. The molecule has 128 valence electrons. The Morgan fingerprint density at radius 1 is 1.48 bits per heavy atom. The third kappa shape index (κ3) is 7.06. The Morgan fingerprint density at radius 3 is 2.65 bits per heavy atom. The molecule has 0 saturated heterocycles. The molecule has 1 aromatic rings. The van der Waals surface area contributed by atoms with Crippen molar-refractivity contribution in [1.82, 2.24) is 4.98 Å². The van der Waals surface area contributed by atoms with Crippen LogP contribution in [0, 0.1) is 0 Å². The predicted octanol–water partition coefficient (Wildman–Crippen LogP) is 1.68. The Kier molecular flexibility index (Phi) is 6.46. The van der Waals surface area contributed by atoms with Crippen molar-refractivity contribution in [3.63, 3.8) is 0 Å². The van der Waals surface area contributed by atoms with Gasteiger partial charge in [-0.05, 0) is 27.7 Å². The Labute approximate surface area is 136 Å². The predicted molar refractivity (Wildman–Crippen MR) is 83.8 cm³/mol. The van der Waals surface area contributed by atoms with Gasteiger partial charge in [0.05, 0.1) is 6.10 Å². The molecule has 0 aliphatic carbocycles. The average Bonchev–Trinajstić information content (AvgIpc) is 2.79. The smallest absolute Gasteiger partial charge is 0.413 e. The van der Waals surface area contributed by atoms with Crippen molar-refractivity contribution < 1.29 is 29.4 Å². The molecule has 0 fully saturated rings. The molecule has 0 radical (unpaired) electrons. The van der Waals surface area contributed by atoms with Gasteiger partial charge in [0.15, 0.2) is 5.13 Å². The molecule has 0 saturated carbocycles. The van der Waals surface area contributed by atoms with Crippen molar-refractivity contribution in [2.45, 2.75) is 39.4 Å². The van der Waals surface area contributed by atoms with Crippen molar-refractivity contribution in [2.24, 2.45) is 5.16 Å². The molecule has 3 N–H and O–H groups in total. The van der Waals surface area contributed by atoms with Crippen LogP contribution in [0.25, 0.3) is 0 Å². The Hall–Kier alpha value is -2.20. The lowest BCUT2D eigenvalue weighted by molar-refractivity contribution is -0.129. The lowest BCUT2D eigenvalue weighted by atomic mass is 10.2. The number of nitrogens with one attached hydrogen (secondary N) is 1. The van der Waals surface area contributed by atoms with Gasteiger partial charge in [-0.2, -0.15) is 0 Å². The normalized spacial score (nSPS) is 13.3. The minimum atomic E-state index is -1.34. The summed E-state index contributed by atoms with van der Waals surface area (Å²) in [6, 6.07) is 0. The number of hydrogen-bond donors (Lipinski definition) is 3. The van der Waals surface area contributed by atoms with E-state index >= 15 is 0 Å². The molecule has 0 bridgehead atoms. The summed E-state index contributed by atoms with van der Waals surface area (Å²) in [5.74, 6) is -1.34. The van der Waals surface area contributed by atoms with E-state index in [-0.39, 0.29) is 17.4 Å². The molecule has 1 atom stereocenters. The topological polar surface area (TPSA) is 130 Å². The minimum absolute atomic E-state index is 0.0270. The van der Waals surface area contributed by atoms with E-state index in [0.717, 1.165) is 11.3 Å². The van der Waals surface area contributed by atoms with Gasteiger partial charge < -0.3 is 19.8 Å². The molecule has 23 heavy (non-hydrogen) atoms. The zero-order chi connectivity index (χ0) is 17.6. The van der Waals surface area contributed by atoms with Crippen LogP contribution in [0.2, 0.25) is 0 Å². The highest BCUT2D eigenvalue weighted by Crippen LogP contribution is 2.18. The molecule has 9 nitrogen and oxygen atoms in total. The number of hydrogen-bond acceptors (Lipinski definition) is 8. The summed E-state index contributed by atoms with van der Waals surface area (Å²) in [7, 11) is 0. The molecule has 1 heterocycles. The van der Waals surface area contributed by atoms with E-state index in [1.54, 1.807) is 20.8 Å². The fourth-order valence-corrected chi connectivity index (χ4v) is 1.92. The van der Waals surface area contributed by atoms with Gasteiger partial charge in [-0.15, -0.1) is 11.3 Å². The lowest BCUT2D eigenvalue weighted by Crippen LogP contribution is -2.27. The number of amides is 1. The van der Waals surface area contributed by atoms with Crippen molar-refractivity contribution in [2.75, 3.05) is 11.9 Å². The molecule has 1 rings (SSSR count). The van der Waals surface area contributed by atoms with Crippen LogP contribution >= 0.6 is 11.3 Å². The number of aliphatic hydroxyl groups is 1. The number of thiazole rings is 1. The van der Waals surface area contributed by atoms with Gasteiger partial charge in [-0.3, -0.25) is 5.32 Å². The fraction of sp³-hybridized carbons (Fsp3) is 0.538. The molecule has 0 unspecified atom stereocenters. The molecular weight excluding hydrogens is 326 g/mol. The highest BCUT2D eigenvalue weighted by molar-refractivity contribution is 7.14. The molecule has 1 aromatic heterocycles. The number of oxime groups is 1. The number of carbonyl (C=O) groups excluding carboxylic acids is 1. The fourth-order valence-electron chi connectivity index (χ4n) is 1.24. The van der Waals surface area contributed by atoms with E-state index in [9.17, 15) is 9.59 Å². The summed E-state index contributed by atoms with van der Waals surface area (Å²) in [5.41, 5.74) is -1.06. The van der Waals surface area contributed by atoms with E-state index in [0.29, 0.717) is 0 Å². The third-order valence-corrected chi connectivity index (χ3v) is 2.79. The summed E-state index contributed by atoms with van der Waals surface area (Å²) in [4.78, 5) is 31.5. The Balaban J connectivity index is 2.79. The number of carbonyl (C=O) groups is 2. The summed E-state index contributed by atoms with van der Waals surface area (Å²) in [5, 5.41) is 25.6. The number of aliphatic carboxylic acids is 1. The maximum Gasteiger partial charge on any atom is 0.413 e. The van der Waals surface area contributed by atoms with E-state index in [1.165, 1.54) is 12.3 Å². The van der Waals surface area contributed by atoms with Crippen LogP contribution in [0.5, 0.6) is 0 Å². The summed E-state index contributed by atoms with van der Waals surface area (Å²) in [6.07, 6.45) is -1.48. The molecule has 0 spiro atoms. The van der Waals surface area contributed by atoms with E-state index in [2.05, 4.69) is 15.5 Å². The average molecular weight is 345 g/mol. The van der Waals surface area contributed by atoms with Gasteiger partial charge in [-0.1, -0.05) is 5.16 Å². The van der Waals surface area contributed by atoms with Gasteiger partial charge in [0.2, 0.25) is 5.71 Å². The highest BCUT2D eigenvalue weighted by atomic mass is 32.1. The van der Waals surface area contributed by atoms with E-state index in [1.807, 2.05) is 0 Å². The number of carboxylic acid groups (broad SMARTS) is 1. The molecule has 0 aliphatic rings. The number of aliphatic hydroxyl groups excluding tert-OH is 1. The van der Waals surface area contributed by atoms with Crippen molar-refractivity contribution in [1.29, 1.82) is 0 Å². The highest BCUT2D eigenvalue weighted by Gasteiger charge is 2.20. The van der Waals surface area contributed by atoms with Crippen molar-refractivity contribution in [3.05, 3.63) is 11.1 Å². The van der Waals surface area contributed by atoms with E-state index < -0.39 is 29.5 Å². The minimum Gasteiger partial charge on any atom is -0.476 e.